The van der Waals surface area contributed by atoms with Gasteiger partial charge in [0, 0.05) is 23.9 Å². The molecule has 1 atom stereocenters. The lowest BCUT2D eigenvalue weighted by molar-refractivity contribution is -0.0829. The van der Waals surface area contributed by atoms with Crippen LogP contribution in [0.5, 0.6) is 0 Å². The SMILES string of the molecule is Cc1ccc(NC(=O)N2OCC[C@H]2c2ccccc2)cc1C#Cc1cnc2cccnn12. The van der Waals surface area contributed by atoms with Crippen molar-refractivity contribution in [1.82, 2.24) is 19.7 Å². The molecule has 7 nitrogen and oxygen atoms in total. The molecule has 2 aromatic heterocycles. The van der Waals surface area contributed by atoms with Gasteiger partial charge in [0.05, 0.1) is 18.8 Å². The summed E-state index contributed by atoms with van der Waals surface area (Å²) in [4.78, 5) is 22.8. The first-order valence-electron chi connectivity index (χ1n) is 10.4. The summed E-state index contributed by atoms with van der Waals surface area (Å²) in [5, 5.41) is 8.64. The van der Waals surface area contributed by atoms with Gasteiger partial charge in [-0.3, -0.25) is 4.84 Å². The minimum Gasteiger partial charge on any atom is -0.306 e. The first-order valence-corrected chi connectivity index (χ1v) is 10.4. The Morgan fingerprint density at radius 2 is 2.00 bits per heavy atom. The Bertz CT molecular complexity index is 1340. The molecular formula is C25H21N5O2. The fourth-order valence-electron chi connectivity index (χ4n) is 3.71. The number of aromatic nitrogens is 3. The van der Waals surface area contributed by atoms with Gasteiger partial charge in [0.1, 0.15) is 5.69 Å². The van der Waals surface area contributed by atoms with E-state index in [4.69, 9.17) is 4.84 Å². The molecule has 0 radical (unpaired) electrons. The van der Waals surface area contributed by atoms with Crippen molar-refractivity contribution in [2.75, 3.05) is 11.9 Å². The Balaban J connectivity index is 1.36. The molecule has 1 N–H and O–H groups in total. The van der Waals surface area contributed by atoms with Crippen molar-refractivity contribution in [3.8, 4) is 11.8 Å². The Kier molecular flexibility index (Phi) is 5.28. The van der Waals surface area contributed by atoms with E-state index in [-0.39, 0.29) is 12.1 Å². The Morgan fingerprint density at radius 1 is 1.12 bits per heavy atom. The zero-order valence-electron chi connectivity index (χ0n) is 17.5. The molecular weight excluding hydrogens is 402 g/mol. The lowest BCUT2D eigenvalue weighted by Gasteiger charge is -2.23. The minimum atomic E-state index is -0.301. The van der Waals surface area contributed by atoms with Gasteiger partial charge in [-0.25, -0.2) is 14.3 Å². The van der Waals surface area contributed by atoms with E-state index in [1.807, 2.05) is 67.6 Å². The summed E-state index contributed by atoms with van der Waals surface area (Å²) in [5.74, 6) is 6.31. The van der Waals surface area contributed by atoms with Crippen LogP contribution in [0, 0.1) is 18.8 Å². The largest absolute Gasteiger partial charge is 0.346 e. The number of anilines is 1. The van der Waals surface area contributed by atoms with Crippen LogP contribution in [0.4, 0.5) is 10.5 Å². The van der Waals surface area contributed by atoms with Crippen LogP contribution in [-0.4, -0.2) is 32.3 Å². The number of rotatable bonds is 2. The molecule has 5 rings (SSSR count). The summed E-state index contributed by atoms with van der Waals surface area (Å²) in [6.07, 6.45) is 4.16. The number of nitrogens with zero attached hydrogens (tertiary/aromatic N) is 4. The summed E-state index contributed by atoms with van der Waals surface area (Å²) in [5.41, 5.74) is 4.98. The third kappa shape index (κ3) is 3.92. The summed E-state index contributed by atoms with van der Waals surface area (Å²) in [6.45, 7) is 2.49. The molecule has 32 heavy (non-hydrogen) atoms. The van der Waals surface area contributed by atoms with Gasteiger partial charge in [-0.15, -0.1) is 0 Å². The van der Waals surface area contributed by atoms with Gasteiger partial charge in [-0.1, -0.05) is 42.3 Å². The molecule has 7 heteroatoms. The Morgan fingerprint density at radius 3 is 2.88 bits per heavy atom. The second-order valence-corrected chi connectivity index (χ2v) is 7.52. The van der Waals surface area contributed by atoms with E-state index in [0.29, 0.717) is 18.0 Å². The second-order valence-electron chi connectivity index (χ2n) is 7.52. The third-order valence-electron chi connectivity index (χ3n) is 5.38. The number of nitrogens with one attached hydrogen (secondary N) is 1. The second kappa shape index (κ2) is 8.53. The molecule has 1 aliphatic heterocycles. The molecule has 0 spiro atoms. The minimum absolute atomic E-state index is 0.108. The maximum atomic E-state index is 12.9. The first-order chi connectivity index (χ1) is 15.7. The predicted octanol–water partition coefficient (Wildman–Crippen LogP) is 4.35. The molecule has 1 aliphatic rings. The molecule has 1 saturated heterocycles. The van der Waals surface area contributed by atoms with Crippen molar-refractivity contribution in [1.29, 1.82) is 0 Å². The lowest BCUT2D eigenvalue weighted by Crippen LogP contribution is -2.33. The highest BCUT2D eigenvalue weighted by Gasteiger charge is 2.31. The Labute approximate surface area is 185 Å². The van der Waals surface area contributed by atoms with Crippen molar-refractivity contribution in [3.63, 3.8) is 0 Å². The lowest BCUT2D eigenvalue weighted by atomic mass is 10.1. The van der Waals surface area contributed by atoms with E-state index in [2.05, 4.69) is 27.2 Å². The van der Waals surface area contributed by atoms with Crippen LogP contribution in [0.2, 0.25) is 0 Å². The highest BCUT2D eigenvalue weighted by Crippen LogP contribution is 2.30. The van der Waals surface area contributed by atoms with Crippen LogP contribution in [-0.2, 0) is 4.84 Å². The molecule has 1 fully saturated rings. The highest BCUT2D eigenvalue weighted by atomic mass is 16.7. The van der Waals surface area contributed by atoms with E-state index in [1.165, 1.54) is 5.06 Å². The summed E-state index contributed by atoms with van der Waals surface area (Å²) < 4.78 is 1.70. The van der Waals surface area contributed by atoms with Gasteiger partial charge in [-0.2, -0.15) is 10.2 Å². The summed E-state index contributed by atoms with van der Waals surface area (Å²) in [6, 6.07) is 18.9. The number of carbonyl (C=O) groups is 1. The molecule has 158 valence electrons. The summed E-state index contributed by atoms with van der Waals surface area (Å²) in [7, 11) is 0. The normalized spacial score (nSPS) is 15.4. The molecule has 0 unspecified atom stereocenters. The van der Waals surface area contributed by atoms with E-state index in [0.717, 1.165) is 28.8 Å². The average molecular weight is 423 g/mol. The molecule has 3 heterocycles. The molecule has 0 saturated carbocycles. The number of aryl methyl sites for hydroxylation is 1. The van der Waals surface area contributed by atoms with E-state index >= 15 is 0 Å². The van der Waals surface area contributed by atoms with Gasteiger partial charge in [0.25, 0.3) is 0 Å². The van der Waals surface area contributed by atoms with Crippen molar-refractivity contribution < 1.29 is 9.63 Å². The van der Waals surface area contributed by atoms with Gasteiger partial charge < -0.3 is 5.32 Å². The van der Waals surface area contributed by atoms with Crippen LogP contribution >= 0.6 is 0 Å². The van der Waals surface area contributed by atoms with Crippen LogP contribution in [0.3, 0.4) is 0 Å². The smallest absolute Gasteiger partial charge is 0.306 e. The monoisotopic (exact) mass is 423 g/mol. The van der Waals surface area contributed by atoms with Crippen LogP contribution in [0.25, 0.3) is 5.65 Å². The number of hydrogen-bond acceptors (Lipinski definition) is 4. The van der Waals surface area contributed by atoms with E-state index in [9.17, 15) is 4.79 Å². The zero-order chi connectivity index (χ0) is 21.9. The van der Waals surface area contributed by atoms with Crippen LogP contribution in [0.1, 0.15) is 34.8 Å². The number of hydroxylamine groups is 2. The van der Waals surface area contributed by atoms with Gasteiger partial charge in [-0.05, 0) is 48.2 Å². The number of benzene rings is 2. The molecule has 2 amide bonds. The molecule has 0 bridgehead atoms. The zero-order valence-corrected chi connectivity index (χ0v) is 17.5. The summed E-state index contributed by atoms with van der Waals surface area (Å²) >= 11 is 0. The first kappa shape index (κ1) is 19.8. The number of hydrogen-bond donors (Lipinski definition) is 1. The number of urea groups is 1. The highest BCUT2D eigenvalue weighted by molar-refractivity contribution is 5.89. The topological polar surface area (TPSA) is 71.8 Å². The van der Waals surface area contributed by atoms with Crippen molar-refractivity contribution >= 4 is 17.4 Å². The molecule has 0 aliphatic carbocycles. The third-order valence-corrected chi connectivity index (χ3v) is 5.38. The van der Waals surface area contributed by atoms with Crippen molar-refractivity contribution in [2.24, 2.45) is 0 Å². The number of imidazole rings is 1. The van der Waals surface area contributed by atoms with Crippen LogP contribution in [0.15, 0.2) is 73.1 Å². The molecule has 2 aromatic carbocycles. The molecule has 4 aromatic rings. The van der Waals surface area contributed by atoms with Gasteiger partial charge in [0.2, 0.25) is 0 Å². The number of fused-ring (bicyclic) bond motifs is 1. The predicted molar refractivity (Wildman–Crippen MR) is 121 cm³/mol. The average Bonchev–Trinajstić information content (AvgIpc) is 3.47. The van der Waals surface area contributed by atoms with Gasteiger partial charge in [0.15, 0.2) is 5.65 Å². The number of amides is 2. The van der Waals surface area contributed by atoms with E-state index < -0.39 is 0 Å². The van der Waals surface area contributed by atoms with Crippen molar-refractivity contribution in [2.45, 2.75) is 19.4 Å². The fraction of sp³-hybridized carbons (Fsp3) is 0.160. The van der Waals surface area contributed by atoms with Crippen LogP contribution < -0.4 is 5.32 Å². The number of carbonyl (C=O) groups excluding carboxylic acids is 1. The maximum Gasteiger partial charge on any atom is 0.346 e. The Hall–Kier alpha value is -4.15. The van der Waals surface area contributed by atoms with Crippen molar-refractivity contribution in [3.05, 3.63) is 95.4 Å². The maximum absolute atomic E-state index is 12.9. The fourth-order valence-corrected chi connectivity index (χ4v) is 3.71. The quantitative estimate of drug-likeness (QED) is 0.487. The van der Waals surface area contributed by atoms with Gasteiger partial charge >= 0.3 is 6.03 Å². The van der Waals surface area contributed by atoms with E-state index in [1.54, 1.807) is 16.9 Å². The standard InChI is InChI=1S/C25H21N5O2/c1-18-9-11-21(16-20(18)10-12-22-17-26-24-8-5-14-27-29(22)24)28-25(31)30-23(13-15-32-30)19-6-3-2-4-7-19/h2-9,11,14,16-17,23H,13,15H2,1H3,(H,28,31)/t23-/m0/s1.